The zero-order chi connectivity index (χ0) is 12.4. The summed E-state index contributed by atoms with van der Waals surface area (Å²) in [7, 11) is 0. The van der Waals surface area contributed by atoms with Crippen molar-refractivity contribution < 1.29 is 0 Å². The van der Waals surface area contributed by atoms with Gasteiger partial charge in [-0.15, -0.1) is 0 Å². The molecule has 2 heterocycles. The van der Waals surface area contributed by atoms with E-state index in [1.807, 2.05) is 24.3 Å². The zero-order valence-electron chi connectivity index (χ0n) is 9.52. The van der Waals surface area contributed by atoms with E-state index in [-0.39, 0.29) is 0 Å². The molecule has 0 atom stereocenters. The quantitative estimate of drug-likeness (QED) is 0.758. The molecule has 3 aromatic rings. The Hall–Kier alpha value is -2.07. The maximum atomic E-state index is 6.32. The summed E-state index contributed by atoms with van der Waals surface area (Å²) in [6, 6.07) is 7.97. The average Bonchev–Trinajstić information content (AvgIpc) is 2.75. The summed E-state index contributed by atoms with van der Waals surface area (Å²) in [6.45, 7) is 0.612. The highest BCUT2D eigenvalue weighted by Gasteiger charge is 2.08. The van der Waals surface area contributed by atoms with Crippen molar-refractivity contribution in [3.63, 3.8) is 0 Å². The van der Waals surface area contributed by atoms with Gasteiger partial charge in [0.15, 0.2) is 0 Å². The highest BCUT2D eigenvalue weighted by Crippen LogP contribution is 2.27. The van der Waals surface area contributed by atoms with Crippen molar-refractivity contribution in [2.45, 2.75) is 6.54 Å². The van der Waals surface area contributed by atoms with Crippen LogP contribution in [-0.2, 0) is 6.54 Å². The number of H-pyrrole nitrogens is 1. The molecule has 0 fully saturated rings. The Morgan fingerprint density at radius 3 is 2.72 bits per heavy atom. The summed E-state index contributed by atoms with van der Waals surface area (Å²) in [5.74, 6) is 0. The Kier molecular flexibility index (Phi) is 2.86. The van der Waals surface area contributed by atoms with Gasteiger partial charge in [0, 0.05) is 10.9 Å². The van der Waals surface area contributed by atoms with Crippen LogP contribution in [0.15, 0.2) is 43.0 Å². The van der Waals surface area contributed by atoms with E-state index in [2.05, 4.69) is 20.3 Å². The van der Waals surface area contributed by atoms with Gasteiger partial charge < -0.3 is 10.3 Å². The highest BCUT2D eigenvalue weighted by molar-refractivity contribution is 6.36. The van der Waals surface area contributed by atoms with Gasteiger partial charge in [-0.2, -0.15) is 0 Å². The fraction of sp³-hybridized carbons (Fsp3) is 0.0769. The number of anilines is 1. The van der Waals surface area contributed by atoms with Crippen LogP contribution in [0, 0.1) is 0 Å². The highest BCUT2D eigenvalue weighted by atomic mass is 35.5. The summed E-state index contributed by atoms with van der Waals surface area (Å²) in [5.41, 5.74) is 2.87. The molecule has 5 heteroatoms. The first-order valence-corrected chi connectivity index (χ1v) is 5.96. The Morgan fingerprint density at radius 2 is 1.94 bits per heavy atom. The first kappa shape index (κ1) is 11.0. The second-order valence-corrected chi connectivity index (χ2v) is 4.32. The second kappa shape index (κ2) is 4.66. The largest absolute Gasteiger partial charge is 0.377 e. The minimum atomic E-state index is 0.612. The predicted octanol–water partition coefficient (Wildman–Crippen LogP) is 3.22. The van der Waals surface area contributed by atoms with Gasteiger partial charge in [-0.05, 0) is 6.07 Å². The fourth-order valence-corrected chi connectivity index (χ4v) is 2.14. The molecule has 4 nitrogen and oxygen atoms in total. The van der Waals surface area contributed by atoms with Gasteiger partial charge in [-0.1, -0.05) is 29.8 Å². The number of aromatic amines is 1. The number of rotatable bonds is 3. The van der Waals surface area contributed by atoms with Gasteiger partial charge in [0.25, 0.3) is 0 Å². The lowest BCUT2D eigenvalue weighted by Gasteiger charge is -2.03. The van der Waals surface area contributed by atoms with Crippen LogP contribution in [0.3, 0.4) is 0 Å². The third-order valence-corrected chi connectivity index (χ3v) is 3.18. The third-order valence-electron chi connectivity index (χ3n) is 2.74. The fourth-order valence-electron chi connectivity index (χ4n) is 1.87. The number of fused-ring (bicyclic) bond motifs is 1. The van der Waals surface area contributed by atoms with E-state index in [0.29, 0.717) is 6.54 Å². The minimum Gasteiger partial charge on any atom is -0.377 e. The maximum absolute atomic E-state index is 6.32. The molecule has 90 valence electrons. The maximum Gasteiger partial charge on any atom is 0.115 e. The third kappa shape index (κ3) is 2.02. The normalized spacial score (nSPS) is 10.7. The topological polar surface area (TPSA) is 53.6 Å². The number of halogens is 1. The van der Waals surface area contributed by atoms with E-state index < -0.39 is 0 Å². The van der Waals surface area contributed by atoms with Crippen molar-refractivity contribution in [3.8, 4) is 0 Å². The van der Waals surface area contributed by atoms with Crippen molar-refractivity contribution in [1.29, 1.82) is 0 Å². The second-order valence-electron chi connectivity index (χ2n) is 3.94. The molecule has 0 spiro atoms. The Bertz CT molecular complexity index is 663. The Labute approximate surface area is 109 Å². The van der Waals surface area contributed by atoms with E-state index in [1.54, 1.807) is 12.4 Å². The van der Waals surface area contributed by atoms with Crippen molar-refractivity contribution in [1.82, 2.24) is 15.0 Å². The number of benzene rings is 1. The van der Waals surface area contributed by atoms with E-state index >= 15 is 0 Å². The molecule has 0 unspecified atom stereocenters. The molecule has 18 heavy (non-hydrogen) atoms. The van der Waals surface area contributed by atoms with E-state index in [1.165, 1.54) is 6.33 Å². The monoisotopic (exact) mass is 258 g/mol. The Balaban J connectivity index is 1.85. The molecule has 1 aromatic carbocycles. The van der Waals surface area contributed by atoms with Gasteiger partial charge in [0.05, 0.1) is 35.3 Å². The van der Waals surface area contributed by atoms with Crippen molar-refractivity contribution in [3.05, 3.63) is 53.7 Å². The van der Waals surface area contributed by atoms with Crippen LogP contribution < -0.4 is 5.32 Å². The molecular weight excluding hydrogens is 248 g/mol. The number of para-hydroxylation sites is 1. The summed E-state index contributed by atoms with van der Waals surface area (Å²) >= 11 is 6.32. The number of aromatic nitrogens is 3. The van der Waals surface area contributed by atoms with Gasteiger partial charge in [-0.3, -0.25) is 0 Å². The standard InChI is InChI=1S/C13H11ClN4/c14-13-10-3-1-2-4-11(10)18-12(13)7-17-9-5-15-8-16-6-9/h1-6,8,17-18H,7H2. The van der Waals surface area contributed by atoms with Crippen LogP contribution in [0.1, 0.15) is 5.69 Å². The van der Waals surface area contributed by atoms with Crippen LogP contribution in [-0.4, -0.2) is 15.0 Å². The van der Waals surface area contributed by atoms with Crippen LogP contribution in [0.4, 0.5) is 5.69 Å². The summed E-state index contributed by atoms with van der Waals surface area (Å²) in [6.07, 6.45) is 4.95. The molecule has 0 amide bonds. The summed E-state index contributed by atoms with van der Waals surface area (Å²) < 4.78 is 0. The molecule has 0 bridgehead atoms. The molecule has 2 N–H and O–H groups in total. The van der Waals surface area contributed by atoms with E-state index in [0.717, 1.165) is 27.3 Å². The van der Waals surface area contributed by atoms with Crippen LogP contribution >= 0.6 is 11.6 Å². The average molecular weight is 259 g/mol. The van der Waals surface area contributed by atoms with Crippen LogP contribution in [0.2, 0.25) is 5.02 Å². The zero-order valence-corrected chi connectivity index (χ0v) is 10.3. The molecule has 0 saturated heterocycles. The molecule has 2 aromatic heterocycles. The van der Waals surface area contributed by atoms with Gasteiger partial charge in [0.1, 0.15) is 6.33 Å². The lowest BCUT2D eigenvalue weighted by molar-refractivity contribution is 1.06. The number of nitrogens with zero attached hydrogens (tertiary/aromatic N) is 2. The lowest BCUT2D eigenvalue weighted by Crippen LogP contribution is -2.00. The van der Waals surface area contributed by atoms with E-state index in [4.69, 9.17) is 11.6 Å². The van der Waals surface area contributed by atoms with E-state index in [9.17, 15) is 0 Å². The molecule has 0 radical (unpaired) electrons. The summed E-state index contributed by atoms with van der Waals surface area (Å²) in [4.78, 5) is 11.2. The smallest absolute Gasteiger partial charge is 0.115 e. The minimum absolute atomic E-state index is 0.612. The SMILES string of the molecule is Clc1c(CNc2cncnc2)[nH]c2ccccc12. The molecule has 0 aliphatic heterocycles. The molecule has 0 saturated carbocycles. The number of hydrogen-bond donors (Lipinski definition) is 2. The van der Waals surface area contributed by atoms with Gasteiger partial charge >= 0.3 is 0 Å². The summed E-state index contributed by atoms with van der Waals surface area (Å²) in [5, 5.41) is 5.02. The number of hydrogen-bond acceptors (Lipinski definition) is 3. The molecule has 0 aliphatic carbocycles. The first-order chi connectivity index (χ1) is 8.84. The van der Waals surface area contributed by atoms with Crippen molar-refractivity contribution in [2.75, 3.05) is 5.32 Å². The van der Waals surface area contributed by atoms with Crippen LogP contribution in [0.25, 0.3) is 10.9 Å². The van der Waals surface area contributed by atoms with Gasteiger partial charge in [0.2, 0.25) is 0 Å². The molecule has 3 rings (SSSR count). The Morgan fingerprint density at radius 1 is 1.17 bits per heavy atom. The van der Waals surface area contributed by atoms with Gasteiger partial charge in [-0.25, -0.2) is 9.97 Å². The lowest BCUT2D eigenvalue weighted by atomic mass is 10.2. The predicted molar refractivity (Wildman–Crippen MR) is 72.7 cm³/mol. The number of nitrogens with one attached hydrogen (secondary N) is 2. The molecule has 0 aliphatic rings. The van der Waals surface area contributed by atoms with Crippen molar-refractivity contribution in [2.24, 2.45) is 0 Å². The first-order valence-electron chi connectivity index (χ1n) is 5.58. The van der Waals surface area contributed by atoms with Crippen LogP contribution in [0.5, 0.6) is 0 Å². The molecular formula is C13H11ClN4. The van der Waals surface area contributed by atoms with Crippen molar-refractivity contribution >= 4 is 28.2 Å².